The second-order valence-electron chi connectivity index (χ2n) is 4.58. The normalized spacial score (nSPS) is 22.4. The summed E-state index contributed by atoms with van der Waals surface area (Å²) in [5, 5.41) is 0. The Morgan fingerprint density at radius 2 is 2.33 bits per heavy atom. The van der Waals surface area contributed by atoms with Crippen molar-refractivity contribution in [3.63, 3.8) is 0 Å². The average Bonchev–Trinajstić information content (AvgIpc) is 2.91. The Balaban J connectivity index is 2.03. The largest absolute Gasteiger partial charge is 0.497 e. The molecule has 6 heteroatoms. The minimum Gasteiger partial charge on any atom is -0.497 e. The SMILES string of the molecule is COc1ccn2c(C3CCS(=O)(=O)C3)ncc2c1. The molecular formula is C12H14N2O3S. The molecule has 0 aliphatic carbocycles. The molecule has 1 atom stereocenters. The molecule has 3 heterocycles. The summed E-state index contributed by atoms with van der Waals surface area (Å²) >= 11 is 0. The van der Waals surface area contributed by atoms with Gasteiger partial charge in [0.15, 0.2) is 9.84 Å². The Bertz CT molecular complexity index is 690. The van der Waals surface area contributed by atoms with E-state index in [0.29, 0.717) is 6.42 Å². The maximum atomic E-state index is 11.5. The van der Waals surface area contributed by atoms with Crippen molar-refractivity contribution in [1.29, 1.82) is 0 Å². The number of imidazole rings is 1. The summed E-state index contributed by atoms with van der Waals surface area (Å²) in [7, 11) is -1.26. The molecule has 0 spiro atoms. The molecule has 0 amide bonds. The first kappa shape index (κ1) is 11.5. The van der Waals surface area contributed by atoms with Gasteiger partial charge in [0.25, 0.3) is 0 Å². The molecule has 0 bridgehead atoms. The van der Waals surface area contributed by atoms with E-state index < -0.39 is 9.84 Å². The van der Waals surface area contributed by atoms with E-state index in [1.807, 2.05) is 22.7 Å². The molecule has 96 valence electrons. The molecule has 0 radical (unpaired) electrons. The summed E-state index contributed by atoms with van der Waals surface area (Å²) in [5.41, 5.74) is 0.925. The van der Waals surface area contributed by atoms with Gasteiger partial charge in [-0.05, 0) is 12.5 Å². The first-order chi connectivity index (χ1) is 8.59. The molecule has 1 saturated heterocycles. The topological polar surface area (TPSA) is 60.7 Å². The smallest absolute Gasteiger partial charge is 0.151 e. The fraction of sp³-hybridized carbons (Fsp3) is 0.417. The number of aromatic nitrogens is 2. The minimum absolute atomic E-state index is 0.00546. The predicted octanol–water partition coefficient (Wildman–Crippen LogP) is 1.24. The highest BCUT2D eigenvalue weighted by molar-refractivity contribution is 7.91. The van der Waals surface area contributed by atoms with E-state index in [-0.39, 0.29) is 17.4 Å². The molecule has 0 saturated carbocycles. The Kier molecular flexibility index (Phi) is 2.55. The Morgan fingerprint density at radius 3 is 3.00 bits per heavy atom. The second kappa shape index (κ2) is 3.98. The van der Waals surface area contributed by atoms with Crippen molar-refractivity contribution >= 4 is 15.4 Å². The fourth-order valence-electron chi connectivity index (χ4n) is 2.43. The van der Waals surface area contributed by atoms with Crippen LogP contribution >= 0.6 is 0 Å². The van der Waals surface area contributed by atoms with E-state index in [0.717, 1.165) is 17.1 Å². The van der Waals surface area contributed by atoms with Crippen LogP contribution in [0.3, 0.4) is 0 Å². The van der Waals surface area contributed by atoms with Gasteiger partial charge in [0.2, 0.25) is 0 Å². The Labute approximate surface area is 105 Å². The molecule has 1 fully saturated rings. The van der Waals surface area contributed by atoms with Crippen LogP contribution in [0, 0.1) is 0 Å². The maximum Gasteiger partial charge on any atom is 0.151 e. The van der Waals surface area contributed by atoms with Crippen LogP contribution in [0.1, 0.15) is 18.2 Å². The van der Waals surface area contributed by atoms with Gasteiger partial charge in [0, 0.05) is 18.2 Å². The van der Waals surface area contributed by atoms with Crippen LogP contribution in [-0.2, 0) is 9.84 Å². The molecule has 2 aromatic heterocycles. The third kappa shape index (κ3) is 1.86. The molecule has 1 aliphatic heterocycles. The van der Waals surface area contributed by atoms with Gasteiger partial charge in [0.1, 0.15) is 11.6 Å². The lowest BCUT2D eigenvalue weighted by Crippen LogP contribution is -2.07. The zero-order chi connectivity index (χ0) is 12.8. The first-order valence-electron chi connectivity index (χ1n) is 5.80. The summed E-state index contributed by atoms with van der Waals surface area (Å²) in [6.45, 7) is 0. The van der Waals surface area contributed by atoms with Crippen LogP contribution < -0.4 is 4.74 Å². The van der Waals surface area contributed by atoms with E-state index in [9.17, 15) is 8.42 Å². The zero-order valence-electron chi connectivity index (χ0n) is 10.0. The van der Waals surface area contributed by atoms with Gasteiger partial charge >= 0.3 is 0 Å². The van der Waals surface area contributed by atoms with Crippen molar-refractivity contribution in [3.05, 3.63) is 30.4 Å². The predicted molar refractivity (Wildman–Crippen MR) is 67.8 cm³/mol. The van der Waals surface area contributed by atoms with Gasteiger partial charge in [-0.15, -0.1) is 0 Å². The molecule has 3 rings (SSSR count). The summed E-state index contributed by atoms with van der Waals surface area (Å²) < 4.78 is 30.1. The number of rotatable bonds is 2. The van der Waals surface area contributed by atoms with E-state index in [1.54, 1.807) is 13.3 Å². The number of pyridine rings is 1. The van der Waals surface area contributed by atoms with Crippen LogP contribution in [-0.4, -0.2) is 36.4 Å². The zero-order valence-corrected chi connectivity index (χ0v) is 10.9. The lowest BCUT2D eigenvalue weighted by atomic mass is 10.1. The molecule has 2 aromatic rings. The van der Waals surface area contributed by atoms with Crippen molar-refractivity contribution in [2.75, 3.05) is 18.6 Å². The summed E-state index contributed by atoms with van der Waals surface area (Å²) in [4.78, 5) is 4.36. The van der Waals surface area contributed by atoms with Gasteiger partial charge < -0.3 is 9.14 Å². The fourth-order valence-corrected chi connectivity index (χ4v) is 4.17. The van der Waals surface area contributed by atoms with E-state index in [2.05, 4.69) is 4.98 Å². The summed E-state index contributed by atoms with van der Waals surface area (Å²) in [6, 6.07) is 3.74. The highest BCUT2D eigenvalue weighted by Crippen LogP contribution is 2.29. The van der Waals surface area contributed by atoms with Gasteiger partial charge in [-0.3, -0.25) is 0 Å². The standard InChI is InChI=1S/C12H14N2O3S/c1-17-11-2-4-14-10(6-11)7-13-12(14)9-3-5-18(15,16)8-9/h2,4,6-7,9H,3,5,8H2,1H3. The maximum absolute atomic E-state index is 11.5. The summed E-state index contributed by atoms with van der Waals surface area (Å²) in [6.07, 6.45) is 4.29. The number of methoxy groups -OCH3 is 1. The highest BCUT2D eigenvalue weighted by Gasteiger charge is 2.31. The van der Waals surface area contributed by atoms with Crippen molar-refractivity contribution in [3.8, 4) is 5.75 Å². The van der Waals surface area contributed by atoms with Gasteiger partial charge in [-0.25, -0.2) is 13.4 Å². The van der Waals surface area contributed by atoms with E-state index >= 15 is 0 Å². The monoisotopic (exact) mass is 266 g/mol. The molecule has 5 nitrogen and oxygen atoms in total. The minimum atomic E-state index is -2.88. The van der Waals surface area contributed by atoms with Crippen LogP contribution in [0.15, 0.2) is 24.5 Å². The van der Waals surface area contributed by atoms with E-state index in [1.165, 1.54) is 0 Å². The molecule has 18 heavy (non-hydrogen) atoms. The van der Waals surface area contributed by atoms with Gasteiger partial charge in [-0.1, -0.05) is 0 Å². The number of hydrogen-bond acceptors (Lipinski definition) is 4. The molecular weight excluding hydrogens is 252 g/mol. The molecule has 0 N–H and O–H groups in total. The lowest BCUT2D eigenvalue weighted by Gasteiger charge is -2.07. The third-order valence-electron chi connectivity index (χ3n) is 3.37. The van der Waals surface area contributed by atoms with E-state index in [4.69, 9.17) is 4.74 Å². The average molecular weight is 266 g/mol. The molecule has 1 unspecified atom stereocenters. The number of fused-ring (bicyclic) bond motifs is 1. The number of ether oxygens (including phenoxy) is 1. The van der Waals surface area contributed by atoms with Crippen LogP contribution in [0.25, 0.3) is 5.52 Å². The van der Waals surface area contributed by atoms with Crippen LogP contribution in [0.4, 0.5) is 0 Å². The second-order valence-corrected chi connectivity index (χ2v) is 6.81. The Morgan fingerprint density at radius 1 is 1.50 bits per heavy atom. The van der Waals surface area contributed by atoms with Gasteiger partial charge in [-0.2, -0.15) is 0 Å². The van der Waals surface area contributed by atoms with Crippen molar-refractivity contribution in [2.45, 2.75) is 12.3 Å². The third-order valence-corrected chi connectivity index (χ3v) is 5.13. The number of nitrogens with zero attached hydrogens (tertiary/aromatic N) is 2. The first-order valence-corrected chi connectivity index (χ1v) is 7.62. The highest BCUT2D eigenvalue weighted by atomic mass is 32.2. The van der Waals surface area contributed by atoms with Crippen LogP contribution in [0.5, 0.6) is 5.75 Å². The lowest BCUT2D eigenvalue weighted by molar-refractivity contribution is 0.414. The van der Waals surface area contributed by atoms with Crippen molar-refractivity contribution < 1.29 is 13.2 Å². The molecule has 0 aromatic carbocycles. The van der Waals surface area contributed by atoms with Crippen molar-refractivity contribution in [2.24, 2.45) is 0 Å². The number of hydrogen-bond donors (Lipinski definition) is 0. The van der Waals surface area contributed by atoms with Crippen molar-refractivity contribution in [1.82, 2.24) is 9.38 Å². The van der Waals surface area contributed by atoms with Gasteiger partial charge in [0.05, 0.1) is 30.3 Å². The number of sulfone groups is 1. The Hall–Kier alpha value is -1.56. The summed E-state index contributed by atoms with van der Waals surface area (Å²) in [5.74, 6) is 2.08. The van der Waals surface area contributed by atoms with Crippen LogP contribution in [0.2, 0.25) is 0 Å². The molecule has 1 aliphatic rings. The quantitative estimate of drug-likeness (QED) is 0.820.